The number of pyridine rings is 1. The molecule has 3 aromatic rings. The van der Waals surface area contributed by atoms with Crippen molar-refractivity contribution >= 4 is 27.3 Å². The number of likely N-dealkylation sites (N-methyl/N-ethyl adjacent to an activating group) is 1. The summed E-state index contributed by atoms with van der Waals surface area (Å²) in [5.41, 5.74) is 1.91. The van der Waals surface area contributed by atoms with Crippen LogP contribution < -0.4 is 14.9 Å². The number of imidazole rings is 1. The predicted molar refractivity (Wildman–Crippen MR) is 123 cm³/mol. The van der Waals surface area contributed by atoms with Gasteiger partial charge in [0.25, 0.3) is 0 Å². The monoisotopic (exact) mass is 461 g/mol. The number of alkyl halides is 1. The van der Waals surface area contributed by atoms with Gasteiger partial charge in [0.2, 0.25) is 10.0 Å². The molecule has 0 bridgehead atoms. The third kappa shape index (κ3) is 4.68. The maximum atomic E-state index is 14.0. The summed E-state index contributed by atoms with van der Waals surface area (Å²) in [6.07, 6.45) is 5.31. The lowest BCUT2D eigenvalue weighted by molar-refractivity contribution is 0.312. The van der Waals surface area contributed by atoms with Crippen LogP contribution in [0.25, 0.3) is 17.0 Å². The van der Waals surface area contributed by atoms with Gasteiger partial charge in [-0.1, -0.05) is 13.0 Å². The molecule has 4 rings (SSSR count). The normalized spacial score (nSPS) is 17.9. The van der Waals surface area contributed by atoms with Crippen molar-refractivity contribution in [1.29, 1.82) is 0 Å². The van der Waals surface area contributed by atoms with Gasteiger partial charge in [0.15, 0.2) is 11.5 Å². The van der Waals surface area contributed by atoms with Gasteiger partial charge in [-0.25, -0.2) is 27.8 Å². The van der Waals surface area contributed by atoms with E-state index in [1.807, 2.05) is 19.1 Å². The summed E-state index contributed by atoms with van der Waals surface area (Å²) >= 11 is 0. The Hall–Kier alpha value is -2.79. The third-order valence-corrected chi connectivity index (χ3v) is 7.35. The second-order valence-electron chi connectivity index (χ2n) is 7.86. The summed E-state index contributed by atoms with van der Waals surface area (Å²) in [5.74, 6) is 1.04. The molecule has 1 aliphatic heterocycles. The molecule has 0 radical (unpaired) electrons. The number of hydrogen-bond acceptors (Lipinski definition) is 7. The van der Waals surface area contributed by atoms with E-state index < -0.39 is 22.2 Å². The number of nitrogens with zero attached hydrogens (tertiary/aromatic N) is 5. The molecule has 0 aliphatic carbocycles. The van der Waals surface area contributed by atoms with Crippen LogP contribution in [0.15, 0.2) is 36.8 Å². The summed E-state index contributed by atoms with van der Waals surface area (Å²) in [5, 5.41) is 6.31. The van der Waals surface area contributed by atoms with E-state index in [0.29, 0.717) is 48.2 Å². The van der Waals surface area contributed by atoms with E-state index in [-0.39, 0.29) is 5.75 Å². The third-order valence-electron chi connectivity index (χ3n) is 5.50. The molecule has 0 saturated carbocycles. The molecule has 3 aromatic heterocycles. The van der Waals surface area contributed by atoms with E-state index in [9.17, 15) is 12.8 Å². The van der Waals surface area contributed by atoms with Crippen molar-refractivity contribution < 1.29 is 12.8 Å². The molecule has 172 valence electrons. The van der Waals surface area contributed by atoms with Gasteiger partial charge in [-0.2, -0.15) is 0 Å². The minimum absolute atomic E-state index is 0.125. The number of sulfonamides is 1. The number of fused-ring (bicyclic) bond motifs is 1. The SMILES string of the molecule is CCNC[C@H](Nc1cccc(-c2cnc3cnc(N4CCCCS4(=O)=O)cn23)n1)[C@H](C)F. The van der Waals surface area contributed by atoms with Gasteiger partial charge in [0, 0.05) is 13.1 Å². The quantitative estimate of drug-likeness (QED) is 0.531. The van der Waals surface area contributed by atoms with Crippen LogP contribution >= 0.6 is 0 Å². The van der Waals surface area contributed by atoms with Crippen LogP contribution in [0, 0.1) is 0 Å². The first kappa shape index (κ1) is 22.4. The zero-order valence-corrected chi connectivity index (χ0v) is 19.0. The van der Waals surface area contributed by atoms with Crippen LogP contribution in [0.1, 0.15) is 26.7 Å². The van der Waals surface area contributed by atoms with Gasteiger partial charge in [-0.3, -0.25) is 8.71 Å². The Morgan fingerprint density at radius 2 is 2.06 bits per heavy atom. The molecule has 0 amide bonds. The highest BCUT2D eigenvalue weighted by molar-refractivity contribution is 7.92. The van der Waals surface area contributed by atoms with Crippen molar-refractivity contribution in [3.05, 3.63) is 36.8 Å². The molecule has 1 fully saturated rings. The van der Waals surface area contributed by atoms with E-state index in [1.165, 1.54) is 11.2 Å². The fourth-order valence-corrected chi connectivity index (χ4v) is 5.30. The first-order valence-electron chi connectivity index (χ1n) is 10.8. The van der Waals surface area contributed by atoms with Crippen LogP contribution in [0.5, 0.6) is 0 Å². The smallest absolute Gasteiger partial charge is 0.236 e. The highest BCUT2D eigenvalue weighted by atomic mass is 32.2. The number of aromatic nitrogens is 4. The molecule has 11 heteroatoms. The van der Waals surface area contributed by atoms with Gasteiger partial charge >= 0.3 is 0 Å². The molecular weight excluding hydrogens is 433 g/mol. The van der Waals surface area contributed by atoms with Gasteiger partial charge in [-0.15, -0.1) is 0 Å². The Morgan fingerprint density at radius 3 is 2.81 bits per heavy atom. The van der Waals surface area contributed by atoms with E-state index in [4.69, 9.17) is 0 Å². The molecule has 0 unspecified atom stereocenters. The molecular formula is C21H28FN7O2S. The molecule has 9 nitrogen and oxygen atoms in total. The van der Waals surface area contributed by atoms with Crippen LogP contribution in [0.2, 0.25) is 0 Å². The van der Waals surface area contributed by atoms with E-state index in [0.717, 1.165) is 13.0 Å². The Morgan fingerprint density at radius 1 is 1.22 bits per heavy atom. The molecule has 0 spiro atoms. The number of rotatable bonds is 8. The Labute approximate surface area is 187 Å². The molecule has 2 atom stereocenters. The fraction of sp³-hybridized carbons (Fsp3) is 0.476. The molecule has 4 heterocycles. The zero-order chi connectivity index (χ0) is 22.7. The van der Waals surface area contributed by atoms with Crippen molar-refractivity contribution in [1.82, 2.24) is 24.7 Å². The van der Waals surface area contributed by atoms with Crippen LogP contribution in [-0.4, -0.2) is 65.4 Å². The predicted octanol–water partition coefficient (Wildman–Crippen LogP) is 2.47. The van der Waals surface area contributed by atoms with Crippen LogP contribution in [0.3, 0.4) is 0 Å². The molecule has 0 aromatic carbocycles. The van der Waals surface area contributed by atoms with Gasteiger partial charge in [-0.05, 0) is 38.4 Å². The van der Waals surface area contributed by atoms with Crippen molar-refractivity contribution in [2.45, 2.75) is 38.9 Å². The molecule has 1 saturated heterocycles. The largest absolute Gasteiger partial charge is 0.363 e. The van der Waals surface area contributed by atoms with Gasteiger partial charge < -0.3 is 10.6 Å². The van der Waals surface area contributed by atoms with Crippen molar-refractivity contribution in [3.8, 4) is 11.4 Å². The van der Waals surface area contributed by atoms with Crippen molar-refractivity contribution in [2.75, 3.05) is 35.0 Å². The standard InChI is InChI=1S/C21H28FN7O2S/c1-3-23-11-17(15(2)22)27-19-8-6-7-16(26-19)18-12-24-20-13-25-21(14-28(18)20)29-9-4-5-10-32(29,30)31/h6-8,12-15,17,23H,3-5,9-11H2,1-2H3,(H,26,27)/t15-,17-/m0/s1. The molecule has 2 N–H and O–H groups in total. The van der Waals surface area contributed by atoms with Crippen LogP contribution in [0.4, 0.5) is 16.0 Å². The second kappa shape index (κ2) is 9.37. The topological polar surface area (TPSA) is 105 Å². The fourth-order valence-electron chi connectivity index (χ4n) is 3.72. The number of nitrogens with one attached hydrogen (secondary N) is 2. The first-order chi connectivity index (χ1) is 15.4. The average molecular weight is 462 g/mol. The summed E-state index contributed by atoms with van der Waals surface area (Å²) in [4.78, 5) is 13.3. The number of anilines is 2. The Bertz CT molecular complexity index is 1180. The first-order valence-corrected chi connectivity index (χ1v) is 12.4. The molecule has 1 aliphatic rings. The lowest BCUT2D eigenvalue weighted by Crippen LogP contribution is -2.39. The lowest BCUT2D eigenvalue weighted by atomic mass is 10.2. The highest BCUT2D eigenvalue weighted by Gasteiger charge is 2.27. The van der Waals surface area contributed by atoms with Gasteiger partial charge in [0.1, 0.15) is 12.0 Å². The number of hydrogen-bond donors (Lipinski definition) is 2. The van der Waals surface area contributed by atoms with E-state index in [1.54, 1.807) is 29.1 Å². The van der Waals surface area contributed by atoms with Crippen LogP contribution in [-0.2, 0) is 10.0 Å². The minimum atomic E-state index is -3.37. The second-order valence-corrected chi connectivity index (χ2v) is 9.87. The van der Waals surface area contributed by atoms with E-state index in [2.05, 4.69) is 25.6 Å². The summed E-state index contributed by atoms with van der Waals surface area (Å²) in [7, 11) is -3.37. The van der Waals surface area contributed by atoms with Gasteiger partial charge in [0.05, 0.1) is 41.8 Å². The Balaban J connectivity index is 1.66. The van der Waals surface area contributed by atoms with Crippen molar-refractivity contribution in [2.24, 2.45) is 0 Å². The van der Waals surface area contributed by atoms with Crippen molar-refractivity contribution in [3.63, 3.8) is 0 Å². The minimum Gasteiger partial charge on any atom is -0.363 e. The maximum Gasteiger partial charge on any atom is 0.236 e. The maximum absolute atomic E-state index is 14.0. The van der Waals surface area contributed by atoms with E-state index >= 15 is 0 Å². The summed E-state index contributed by atoms with van der Waals surface area (Å²) in [6.45, 7) is 5.14. The lowest BCUT2D eigenvalue weighted by Gasteiger charge is -2.27. The Kier molecular flexibility index (Phi) is 6.56. The molecule has 32 heavy (non-hydrogen) atoms. The summed E-state index contributed by atoms with van der Waals surface area (Å²) in [6, 6.07) is 5.06. The summed E-state index contributed by atoms with van der Waals surface area (Å²) < 4.78 is 42.2. The number of halogens is 1. The average Bonchev–Trinajstić information content (AvgIpc) is 3.19. The highest BCUT2D eigenvalue weighted by Crippen LogP contribution is 2.25. The zero-order valence-electron chi connectivity index (χ0n) is 18.2.